The molecule has 0 aromatic heterocycles. The van der Waals surface area contributed by atoms with E-state index in [2.05, 4.69) is 52.6 Å². The quantitative estimate of drug-likeness (QED) is 0.390. The molecule has 216 valence electrons. The number of ether oxygens (including phenoxy) is 1. The molecule has 7 atom stereocenters. The lowest BCUT2D eigenvalue weighted by Crippen LogP contribution is -2.69. The molecule has 5 rings (SSSR count). The van der Waals surface area contributed by atoms with E-state index in [1.807, 2.05) is 26.0 Å². The molecule has 0 heterocycles. The van der Waals surface area contributed by atoms with E-state index in [0.29, 0.717) is 0 Å². The number of amides is 1. The third-order valence-electron chi connectivity index (χ3n) is 12.5. The Bertz CT molecular complexity index is 1280. The standard InChI is InChI=1S/C34H46N2O4/c1-9-16-40-28(39)36-34-14-12-29(2,3)19-22(34)26-23(37)17-25-31(6)18-21(20-35)27(38)30(4,5)24(31)10-11-32(25,7)33(26,8)13-15-34/h9,17-18,22,24,26H,1,10-16,19H2,2-8H3,(H,36,39)/t22-,24-,26-,31-,32+,33+,34-/m0/s1. The number of rotatable bonds is 3. The average molecular weight is 547 g/mol. The molecule has 1 amide bonds. The Morgan fingerprint density at radius 2 is 1.77 bits per heavy atom. The molecule has 0 radical (unpaired) electrons. The van der Waals surface area contributed by atoms with Gasteiger partial charge in [0.05, 0.1) is 5.57 Å². The Morgan fingerprint density at radius 3 is 2.42 bits per heavy atom. The second-order valence-corrected chi connectivity index (χ2v) is 15.4. The number of carbonyl (C=O) groups excluding carboxylic acids is 3. The van der Waals surface area contributed by atoms with Gasteiger partial charge in [-0.3, -0.25) is 9.59 Å². The van der Waals surface area contributed by atoms with Crippen molar-refractivity contribution in [2.75, 3.05) is 6.61 Å². The summed E-state index contributed by atoms with van der Waals surface area (Å²) in [6, 6.07) is 2.18. The molecule has 0 aliphatic heterocycles. The van der Waals surface area contributed by atoms with Crippen molar-refractivity contribution in [2.45, 2.75) is 99.0 Å². The summed E-state index contributed by atoms with van der Waals surface area (Å²) in [5.41, 5.74) is -0.934. The lowest BCUT2D eigenvalue weighted by atomic mass is 9.35. The minimum absolute atomic E-state index is 0.00600. The number of nitriles is 1. The normalized spacial score (nSPS) is 42.9. The molecule has 6 heteroatoms. The molecule has 5 aliphatic rings. The summed E-state index contributed by atoms with van der Waals surface area (Å²) in [5, 5.41) is 13.2. The van der Waals surface area contributed by atoms with Crippen LogP contribution in [0.1, 0.15) is 93.4 Å². The lowest BCUT2D eigenvalue weighted by molar-refractivity contribution is -0.160. The summed E-state index contributed by atoms with van der Waals surface area (Å²) in [6.45, 7) is 19.1. The summed E-state index contributed by atoms with van der Waals surface area (Å²) < 4.78 is 5.38. The first-order valence-corrected chi connectivity index (χ1v) is 15.0. The summed E-state index contributed by atoms with van der Waals surface area (Å²) in [7, 11) is 0. The van der Waals surface area contributed by atoms with Crippen molar-refractivity contribution in [3.05, 3.63) is 36.0 Å². The minimum atomic E-state index is -0.678. The van der Waals surface area contributed by atoms with Gasteiger partial charge in [-0.1, -0.05) is 72.8 Å². The molecule has 6 nitrogen and oxygen atoms in total. The fraction of sp³-hybridized carbons (Fsp3) is 0.706. The molecule has 5 aliphatic carbocycles. The van der Waals surface area contributed by atoms with E-state index in [9.17, 15) is 19.6 Å². The minimum Gasteiger partial charge on any atom is -0.445 e. The van der Waals surface area contributed by atoms with Crippen molar-refractivity contribution in [1.29, 1.82) is 5.26 Å². The van der Waals surface area contributed by atoms with Crippen molar-refractivity contribution in [3.63, 3.8) is 0 Å². The zero-order chi connectivity index (χ0) is 29.5. The van der Waals surface area contributed by atoms with E-state index in [1.54, 1.807) is 6.08 Å². The van der Waals surface area contributed by atoms with Crippen LogP contribution < -0.4 is 5.32 Å². The Balaban J connectivity index is 1.64. The van der Waals surface area contributed by atoms with Gasteiger partial charge >= 0.3 is 6.09 Å². The zero-order valence-corrected chi connectivity index (χ0v) is 25.4. The maximum absolute atomic E-state index is 14.5. The van der Waals surface area contributed by atoms with Crippen LogP contribution in [-0.4, -0.2) is 29.8 Å². The smallest absolute Gasteiger partial charge is 0.407 e. The highest BCUT2D eigenvalue weighted by atomic mass is 16.5. The van der Waals surface area contributed by atoms with Crippen LogP contribution in [0.15, 0.2) is 36.0 Å². The molecule has 1 N–H and O–H groups in total. The molecule has 40 heavy (non-hydrogen) atoms. The van der Waals surface area contributed by atoms with Crippen LogP contribution in [-0.2, 0) is 14.3 Å². The molecular formula is C34H46N2O4. The Labute approximate surface area is 239 Å². The summed E-state index contributed by atoms with van der Waals surface area (Å²) in [4.78, 5) is 40.7. The predicted octanol–water partition coefficient (Wildman–Crippen LogP) is 6.87. The van der Waals surface area contributed by atoms with Crippen molar-refractivity contribution in [3.8, 4) is 6.07 Å². The number of alkyl carbamates (subject to hydrolysis) is 1. The van der Waals surface area contributed by atoms with Gasteiger partial charge in [-0.25, -0.2) is 4.79 Å². The van der Waals surface area contributed by atoms with Gasteiger partial charge in [0, 0.05) is 22.3 Å². The molecule has 0 spiro atoms. The fourth-order valence-corrected chi connectivity index (χ4v) is 10.2. The molecule has 0 unspecified atom stereocenters. The first kappa shape index (κ1) is 28.8. The highest BCUT2D eigenvalue weighted by Gasteiger charge is 2.70. The monoisotopic (exact) mass is 546 g/mol. The van der Waals surface area contributed by atoms with Crippen LogP contribution in [0.2, 0.25) is 0 Å². The second kappa shape index (κ2) is 8.91. The molecule has 0 aromatic carbocycles. The number of carbonyl (C=O) groups is 3. The topological polar surface area (TPSA) is 96.3 Å². The van der Waals surface area contributed by atoms with E-state index >= 15 is 0 Å². The second-order valence-electron chi connectivity index (χ2n) is 15.4. The van der Waals surface area contributed by atoms with Crippen LogP contribution in [0.25, 0.3) is 0 Å². The van der Waals surface area contributed by atoms with E-state index in [0.717, 1.165) is 50.5 Å². The summed E-state index contributed by atoms with van der Waals surface area (Å²) in [6.07, 6.45) is 11.0. The number of Topliss-reactive ketones (excluding diaryl/α,β-unsaturated/α-hetero) is 1. The van der Waals surface area contributed by atoms with Gasteiger partial charge in [-0.2, -0.15) is 5.26 Å². The number of ketones is 2. The third-order valence-corrected chi connectivity index (χ3v) is 12.5. The summed E-state index contributed by atoms with van der Waals surface area (Å²) >= 11 is 0. The molecular weight excluding hydrogens is 500 g/mol. The maximum Gasteiger partial charge on any atom is 0.407 e. The van der Waals surface area contributed by atoms with Gasteiger partial charge in [0.25, 0.3) is 0 Å². The van der Waals surface area contributed by atoms with Crippen LogP contribution >= 0.6 is 0 Å². The molecule has 0 bridgehead atoms. The van der Waals surface area contributed by atoms with Gasteiger partial charge < -0.3 is 10.1 Å². The Hall–Kier alpha value is -2.68. The number of allylic oxidation sites excluding steroid dienone is 4. The van der Waals surface area contributed by atoms with E-state index in [-0.39, 0.29) is 57.7 Å². The maximum atomic E-state index is 14.5. The Morgan fingerprint density at radius 1 is 1.10 bits per heavy atom. The lowest BCUT2D eigenvalue weighted by Gasteiger charge is -2.69. The van der Waals surface area contributed by atoms with Gasteiger partial charge in [0.15, 0.2) is 11.6 Å². The predicted molar refractivity (Wildman–Crippen MR) is 154 cm³/mol. The number of hydrogen-bond donors (Lipinski definition) is 1. The number of nitrogens with zero attached hydrogens (tertiary/aromatic N) is 1. The fourth-order valence-electron chi connectivity index (χ4n) is 10.2. The highest BCUT2D eigenvalue weighted by Crippen LogP contribution is 2.73. The van der Waals surface area contributed by atoms with Crippen molar-refractivity contribution < 1.29 is 19.1 Å². The first-order valence-electron chi connectivity index (χ1n) is 15.0. The van der Waals surface area contributed by atoms with Crippen molar-refractivity contribution in [1.82, 2.24) is 5.32 Å². The highest BCUT2D eigenvalue weighted by molar-refractivity contribution is 6.04. The molecule has 3 fully saturated rings. The van der Waals surface area contributed by atoms with Gasteiger partial charge in [-0.15, -0.1) is 0 Å². The largest absolute Gasteiger partial charge is 0.445 e. The molecule has 0 saturated heterocycles. The van der Waals surface area contributed by atoms with E-state index < -0.39 is 22.5 Å². The van der Waals surface area contributed by atoms with Gasteiger partial charge in [0.1, 0.15) is 12.7 Å². The van der Waals surface area contributed by atoms with E-state index in [1.165, 1.54) is 0 Å². The third kappa shape index (κ3) is 3.75. The molecule has 0 aromatic rings. The average Bonchev–Trinajstić information content (AvgIpc) is 2.87. The van der Waals surface area contributed by atoms with Crippen LogP contribution in [0.4, 0.5) is 4.79 Å². The number of nitrogens with one attached hydrogen (secondary N) is 1. The van der Waals surface area contributed by atoms with Crippen molar-refractivity contribution in [2.24, 2.45) is 44.8 Å². The SMILES string of the molecule is C=CCOC(=O)N[C@]12CCC(C)(C)C[C@H]1[C@H]1C(=O)C=C3[C@@]4(C)C=C(C#N)C(=O)C(C)(C)[C@@H]4CC[C@@]3(C)[C@]1(C)CC2. The molecule has 3 saturated carbocycles. The number of hydrogen-bond acceptors (Lipinski definition) is 5. The van der Waals surface area contributed by atoms with Crippen molar-refractivity contribution >= 4 is 17.7 Å². The van der Waals surface area contributed by atoms with Gasteiger partial charge in [0.2, 0.25) is 0 Å². The Kier molecular flexibility index (Phi) is 6.42. The summed E-state index contributed by atoms with van der Waals surface area (Å²) in [5.74, 6) is -0.171. The van der Waals surface area contributed by atoms with Gasteiger partial charge in [-0.05, 0) is 79.1 Å². The van der Waals surface area contributed by atoms with Crippen LogP contribution in [0.5, 0.6) is 0 Å². The first-order chi connectivity index (χ1) is 18.5. The van der Waals surface area contributed by atoms with Crippen LogP contribution in [0.3, 0.4) is 0 Å². The zero-order valence-electron chi connectivity index (χ0n) is 25.4. The van der Waals surface area contributed by atoms with Crippen LogP contribution in [0, 0.1) is 56.2 Å². The van der Waals surface area contributed by atoms with E-state index in [4.69, 9.17) is 4.74 Å². The number of fused-ring (bicyclic) bond motifs is 7.